The highest BCUT2D eigenvalue weighted by Crippen LogP contribution is 2.29. The van der Waals surface area contributed by atoms with Gasteiger partial charge in [0, 0.05) is 12.2 Å². The number of halogens is 4. The number of aromatic nitrogens is 2. The van der Waals surface area contributed by atoms with Crippen molar-refractivity contribution in [2.24, 2.45) is 0 Å². The second-order valence-electron chi connectivity index (χ2n) is 4.13. The molecule has 0 aliphatic carbocycles. The zero-order chi connectivity index (χ0) is 16.3. The Morgan fingerprint density at radius 1 is 1.41 bits per heavy atom. The Morgan fingerprint density at radius 3 is 2.73 bits per heavy atom. The average molecular weight is 350 g/mol. The number of nitrogens with zero attached hydrogens (tertiary/aromatic N) is 2. The third kappa shape index (κ3) is 3.66. The predicted octanol–water partition coefficient (Wildman–Crippen LogP) is 4.06. The van der Waals surface area contributed by atoms with Gasteiger partial charge in [0.05, 0.1) is 16.2 Å². The minimum atomic E-state index is -2.98. The molecular formula is C13H11Cl2F2N3O2. The molecule has 0 spiro atoms. The summed E-state index contributed by atoms with van der Waals surface area (Å²) in [5.74, 6) is -0.658. The first kappa shape index (κ1) is 16.5. The minimum Gasteiger partial charge on any atom is -0.433 e. The third-order valence-corrected chi connectivity index (χ3v) is 3.29. The standard InChI is InChI=1S/C13H11Cl2F2N3O2/c1-2-20-11(9(15)6-18-20)12(21)19-7-3-4-10(8(14)5-7)22-13(16)17/h3-6,13H,2H2,1H3,(H,19,21). The number of hydrogen-bond acceptors (Lipinski definition) is 3. The van der Waals surface area contributed by atoms with Crippen molar-refractivity contribution >= 4 is 34.8 Å². The summed E-state index contributed by atoms with van der Waals surface area (Å²) in [6.45, 7) is -0.694. The molecule has 0 saturated heterocycles. The van der Waals surface area contributed by atoms with Crippen LogP contribution in [0.15, 0.2) is 24.4 Å². The number of ether oxygens (including phenoxy) is 1. The number of amides is 1. The maximum atomic E-state index is 12.2. The molecule has 0 atom stereocenters. The predicted molar refractivity (Wildman–Crippen MR) is 78.9 cm³/mol. The zero-order valence-corrected chi connectivity index (χ0v) is 12.8. The van der Waals surface area contributed by atoms with Crippen molar-refractivity contribution in [2.45, 2.75) is 20.1 Å². The van der Waals surface area contributed by atoms with Crippen LogP contribution in [-0.2, 0) is 6.54 Å². The van der Waals surface area contributed by atoms with E-state index >= 15 is 0 Å². The molecule has 0 saturated carbocycles. The molecule has 1 aromatic carbocycles. The molecule has 0 radical (unpaired) electrons. The summed E-state index contributed by atoms with van der Waals surface area (Å²) < 4.78 is 30.0. The van der Waals surface area contributed by atoms with Crippen molar-refractivity contribution < 1.29 is 18.3 Å². The van der Waals surface area contributed by atoms with Crippen LogP contribution in [0.3, 0.4) is 0 Å². The molecule has 0 fully saturated rings. The van der Waals surface area contributed by atoms with Gasteiger partial charge in [0.2, 0.25) is 0 Å². The Labute approximate surface area is 134 Å². The van der Waals surface area contributed by atoms with Gasteiger partial charge in [-0.05, 0) is 25.1 Å². The van der Waals surface area contributed by atoms with Crippen molar-refractivity contribution in [3.05, 3.63) is 40.1 Å². The monoisotopic (exact) mass is 349 g/mol. The summed E-state index contributed by atoms with van der Waals surface area (Å²) in [6, 6.07) is 3.93. The molecule has 118 valence electrons. The number of hydrogen-bond donors (Lipinski definition) is 1. The zero-order valence-electron chi connectivity index (χ0n) is 11.3. The minimum absolute atomic E-state index is 0.0480. The van der Waals surface area contributed by atoms with E-state index in [2.05, 4.69) is 15.2 Å². The van der Waals surface area contributed by atoms with E-state index < -0.39 is 12.5 Å². The molecule has 0 aliphatic heterocycles. The molecule has 0 bridgehead atoms. The summed E-state index contributed by atoms with van der Waals surface area (Å²) in [6.07, 6.45) is 1.37. The number of anilines is 1. The fourth-order valence-electron chi connectivity index (χ4n) is 1.79. The van der Waals surface area contributed by atoms with Crippen LogP contribution < -0.4 is 10.1 Å². The number of carbonyl (C=O) groups is 1. The largest absolute Gasteiger partial charge is 0.433 e. The van der Waals surface area contributed by atoms with Crippen LogP contribution in [0, 0.1) is 0 Å². The topological polar surface area (TPSA) is 56.2 Å². The van der Waals surface area contributed by atoms with Gasteiger partial charge in [0.25, 0.3) is 5.91 Å². The normalized spacial score (nSPS) is 10.8. The molecule has 5 nitrogen and oxygen atoms in total. The van der Waals surface area contributed by atoms with Crippen molar-refractivity contribution in [1.82, 2.24) is 9.78 Å². The smallest absolute Gasteiger partial charge is 0.387 e. The van der Waals surface area contributed by atoms with Gasteiger partial charge in [-0.3, -0.25) is 9.48 Å². The van der Waals surface area contributed by atoms with Gasteiger partial charge < -0.3 is 10.1 Å². The number of carbonyl (C=O) groups excluding carboxylic acids is 1. The van der Waals surface area contributed by atoms with Crippen LogP contribution in [0.5, 0.6) is 5.75 Å². The molecule has 2 rings (SSSR count). The molecule has 1 N–H and O–H groups in total. The first-order valence-electron chi connectivity index (χ1n) is 6.19. The Kier molecular flexibility index (Phi) is 5.20. The third-order valence-electron chi connectivity index (χ3n) is 2.72. The SMILES string of the molecule is CCn1ncc(Cl)c1C(=O)Nc1ccc(OC(F)F)c(Cl)c1. The Balaban J connectivity index is 2.18. The Morgan fingerprint density at radius 2 is 2.14 bits per heavy atom. The first-order valence-corrected chi connectivity index (χ1v) is 6.95. The summed E-state index contributed by atoms with van der Waals surface area (Å²) in [5.41, 5.74) is 0.518. The summed E-state index contributed by atoms with van der Waals surface area (Å²) in [4.78, 5) is 12.2. The fourth-order valence-corrected chi connectivity index (χ4v) is 2.24. The first-order chi connectivity index (χ1) is 10.4. The summed E-state index contributed by atoms with van der Waals surface area (Å²) >= 11 is 11.7. The van der Waals surface area contributed by atoms with Gasteiger partial charge in [-0.1, -0.05) is 23.2 Å². The lowest BCUT2D eigenvalue weighted by atomic mass is 10.3. The molecule has 9 heteroatoms. The number of alkyl halides is 2. The van der Waals surface area contributed by atoms with E-state index in [9.17, 15) is 13.6 Å². The van der Waals surface area contributed by atoms with E-state index in [0.29, 0.717) is 12.2 Å². The Hall–Kier alpha value is -1.86. The average Bonchev–Trinajstić information content (AvgIpc) is 2.82. The van der Waals surface area contributed by atoms with Gasteiger partial charge in [0.1, 0.15) is 11.4 Å². The molecule has 1 heterocycles. The lowest BCUT2D eigenvalue weighted by molar-refractivity contribution is -0.0497. The molecule has 1 amide bonds. The molecule has 22 heavy (non-hydrogen) atoms. The van der Waals surface area contributed by atoms with E-state index in [0.717, 1.165) is 0 Å². The number of benzene rings is 1. The summed E-state index contributed by atoms with van der Waals surface area (Å²) in [7, 11) is 0. The molecule has 0 aliphatic rings. The summed E-state index contributed by atoms with van der Waals surface area (Å²) in [5, 5.41) is 6.69. The van der Waals surface area contributed by atoms with E-state index in [1.165, 1.54) is 29.1 Å². The lowest BCUT2D eigenvalue weighted by Gasteiger charge is -2.10. The van der Waals surface area contributed by atoms with Gasteiger partial charge >= 0.3 is 6.61 Å². The van der Waals surface area contributed by atoms with Crippen molar-refractivity contribution in [3.63, 3.8) is 0 Å². The highest BCUT2D eigenvalue weighted by Gasteiger charge is 2.17. The second-order valence-corrected chi connectivity index (χ2v) is 4.95. The van der Waals surface area contributed by atoms with Crippen LogP contribution >= 0.6 is 23.2 Å². The molecule has 0 unspecified atom stereocenters. The van der Waals surface area contributed by atoms with Crippen molar-refractivity contribution in [1.29, 1.82) is 0 Å². The second kappa shape index (κ2) is 6.93. The van der Waals surface area contributed by atoms with Gasteiger partial charge in [0.15, 0.2) is 0 Å². The van der Waals surface area contributed by atoms with Crippen molar-refractivity contribution in [2.75, 3.05) is 5.32 Å². The van der Waals surface area contributed by atoms with E-state index in [-0.39, 0.29) is 21.5 Å². The fraction of sp³-hybridized carbons (Fsp3) is 0.231. The number of rotatable bonds is 5. The van der Waals surface area contributed by atoms with Gasteiger partial charge in [-0.25, -0.2) is 0 Å². The molecular weight excluding hydrogens is 339 g/mol. The van der Waals surface area contributed by atoms with E-state index in [1.807, 2.05) is 6.92 Å². The van der Waals surface area contributed by atoms with Crippen LogP contribution in [0.25, 0.3) is 0 Å². The molecule has 2 aromatic rings. The van der Waals surface area contributed by atoms with Crippen LogP contribution in [0.4, 0.5) is 14.5 Å². The quantitative estimate of drug-likeness (QED) is 0.885. The Bertz CT molecular complexity index is 692. The highest BCUT2D eigenvalue weighted by molar-refractivity contribution is 6.34. The lowest BCUT2D eigenvalue weighted by Crippen LogP contribution is -2.17. The van der Waals surface area contributed by atoms with Gasteiger partial charge in [-0.15, -0.1) is 0 Å². The van der Waals surface area contributed by atoms with E-state index in [4.69, 9.17) is 23.2 Å². The van der Waals surface area contributed by atoms with Crippen LogP contribution in [-0.4, -0.2) is 22.3 Å². The van der Waals surface area contributed by atoms with Crippen LogP contribution in [0.2, 0.25) is 10.0 Å². The van der Waals surface area contributed by atoms with Crippen LogP contribution in [0.1, 0.15) is 17.4 Å². The van der Waals surface area contributed by atoms with E-state index in [1.54, 1.807) is 0 Å². The molecule has 1 aromatic heterocycles. The maximum Gasteiger partial charge on any atom is 0.387 e. The highest BCUT2D eigenvalue weighted by atomic mass is 35.5. The van der Waals surface area contributed by atoms with Crippen molar-refractivity contribution in [3.8, 4) is 5.75 Å². The maximum absolute atomic E-state index is 12.2. The van der Waals surface area contributed by atoms with Gasteiger partial charge in [-0.2, -0.15) is 13.9 Å². The number of nitrogens with one attached hydrogen (secondary N) is 1. The number of aryl methyl sites for hydroxylation is 1.